The van der Waals surface area contributed by atoms with E-state index in [-0.39, 0.29) is 95.1 Å². The van der Waals surface area contributed by atoms with Gasteiger partial charge in [0.25, 0.3) is 0 Å². The lowest BCUT2D eigenvalue weighted by molar-refractivity contribution is -0.162. The van der Waals surface area contributed by atoms with E-state index in [0.717, 1.165) is 26.9 Å². The largest absolute Gasteiger partial charge is 0.342 e. The van der Waals surface area contributed by atoms with Gasteiger partial charge in [-0.15, -0.1) is 0 Å². The van der Waals surface area contributed by atoms with E-state index in [1.807, 2.05) is 53.7 Å². The number of nitrogens with zero attached hydrogens (tertiary/aromatic N) is 8. The Morgan fingerprint density at radius 1 is 0.552 bits per heavy atom. The molecule has 0 unspecified atom stereocenters. The molecule has 0 bridgehead atoms. The molecule has 0 aromatic heterocycles. The second-order valence-corrected chi connectivity index (χ2v) is 32.6. The third-order valence-corrected chi connectivity index (χ3v) is 22.8. The van der Waals surface area contributed by atoms with Crippen molar-refractivity contribution in [2.24, 2.45) is 23.7 Å². The van der Waals surface area contributed by atoms with Gasteiger partial charge in [0, 0.05) is 90.7 Å². The number of likely N-dealkylation sites (tertiary alicyclic amines) is 1. The molecule has 6 aliphatic rings. The molecule has 4 saturated heterocycles. The average molecular weight is 1580 g/mol. The SMILES string of the molecule is CC(C)=CC[C@@H]1NC(=O)[C@H](Cc2cccc(I)c2)NC(=O)CN(C)C(=O)[C@H](CC2CCC(F)(F)CC2)N(C)C(=O)[C@@H]2CCN2C(=O)[C@@H]2CCCCN2C(=O)[C@H](C2CCC2)NC(=O)[C@H](CC(C)C)N(C)C(=O)C[C@@H](C(=O)N2CCCCC2)N(C)C(=O)[C@H](CC(C)C)NC(=O)[C@H](Cc2ccccc2)N(C)C1=O. The van der Waals surface area contributed by atoms with Gasteiger partial charge in [0.2, 0.25) is 76.8 Å². The first kappa shape index (κ1) is 83.1. The summed E-state index contributed by atoms with van der Waals surface area (Å²) in [6.07, 6.45) is 6.15. The van der Waals surface area contributed by atoms with Crippen LogP contribution in [-0.4, -0.2) is 244 Å². The Bertz CT molecular complexity index is 3470. The summed E-state index contributed by atoms with van der Waals surface area (Å²) in [4.78, 5) is 193. The van der Waals surface area contributed by atoms with E-state index in [9.17, 15) is 13.6 Å². The standard InChI is InChI=1S/C78H113F2IN12O12/c1-48(2)29-30-56-71(99)88(9)62(44-51-22-14-12-15-23-51)69(97)84-58(40-49(3)4)72(100)89(10)64(75(103)91-36-17-13-18-37-91)46-66(95)87(8)61(41-50(5)6)70(98)85-67(54-25-21-26-54)77(105)92-38-19-16-28-59(92)76(104)93-39-33-60(93)74(102)90(11)63(45-52-31-34-78(79,80)35-32-52)73(101)86(7)47-65(94)82-57(68(96)83-56)43-53-24-20-27-55(81)42-53/h12,14-15,20,22-24,27,29,42,49-50,52,54,56-64,67H,13,16-19,21,25-26,28,30-41,43-47H2,1-11H3,(H,82,94)(H,83,96)(H,84,97)(H,85,98)/t56-,57-,58-,59-,60-,61-,62-,63-,64-,67-/m0/s1. The molecule has 0 spiro atoms. The van der Waals surface area contributed by atoms with E-state index >= 15 is 52.7 Å². The van der Waals surface area contributed by atoms with Gasteiger partial charge in [-0.1, -0.05) is 88.2 Å². The Kier molecular flexibility index (Phi) is 29.9. The van der Waals surface area contributed by atoms with Gasteiger partial charge in [-0.2, -0.15) is 0 Å². The molecule has 0 radical (unpaired) electrons. The number of alkyl halides is 2. The van der Waals surface area contributed by atoms with Crippen molar-refractivity contribution in [3.05, 3.63) is 80.9 Å². The molecule has 24 nitrogen and oxygen atoms in total. The molecule has 8 rings (SSSR count). The quantitative estimate of drug-likeness (QED) is 0.114. The second kappa shape index (κ2) is 37.8. The maximum Gasteiger partial charge on any atom is 0.248 e. The minimum absolute atomic E-state index is 0.0427. The maximum absolute atomic E-state index is 15.5. The lowest BCUT2D eigenvalue weighted by Crippen LogP contribution is -2.66. The van der Waals surface area contributed by atoms with Crippen LogP contribution in [0.15, 0.2) is 66.2 Å². The molecule has 27 heteroatoms. The lowest BCUT2D eigenvalue weighted by atomic mass is 9.78. The van der Waals surface area contributed by atoms with Gasteiger partial charge in [-0.05, 0) is 180 Å². The number of amides is 12. The van der Waals surface area contributed by atoms with Crippen LogP contribution in [0.5, 0.6) is 0 Å². The topological polar surface area (TPSA) is 279 Å². The number of fused-ring (bicyclic) bond motifs is 2. The maximum atomic E-state index is 15.5. The Morgan fingerprint density at radius 3 is 1.76 bits per heavy atom. The highest BCUT2D eigenvalue weighted by Crippen LogP contribution is 2.39. The highest BCUT2D eigenvalue weighted by molar-refractivity contribution is 14.1. The van der Waals surface area contributed by atoms with Crippen LogP contribution >= 0.6 is 22.6 Å². The number of hydrogen-bond acceptors (Lipinski definition) is 12. The number of likely N-dealkylation sites (N-methyl/N-ethyl adjacent to an activating group) is 5. The van der Waals surface area contributed by atoms with Crippen LogP contribution in [0, 0.1) is 27.2 Å². The van der Waals surface area contributed by atoms with Crippen molar-refractivity contribution in [3.8, 4) is 0 Å². The first-order chi connectivity index (χ1) is 49.7. The lowest BCUT2D eigenvalue weighted by Gasteiger charge is -2.47. The van der Waals surface area contributed by atoms with E-state index in [1.54, 1.807) is 53.4 Å². The Hall–Kier alpha value is -7.59. The average Bonchev–Trinajstić information content (AvgIpc) is 0.780. The Labute approximate surface area is 632 Å². The fourth-order valence-corrected chi connectivity index (χ4v) is 16.0. The molecule has 6 fully saturated rings. The molecule has 2 aromatic carbocycles. The molecule has 4 N–H and O–H groups in total. The molecule has 578 valence electrons. The van der Waals surface area contributed by atoms with Gasteiger partial charge in [-0.25, -0.2) is 8.78 Å². The molecular weight excluding hydrogens is 1460 g/mol. The van der Waals surface area contributed by atoms with Crippen molar-refractivity contribution in [2.75, 3.05) is 68.0 Å². The van der Waals surface area contributed by atoms with Crippen LogP contribution in [0.25, 0.3) is 0 Å². The predicted octanol–water partition coefficient (Wildman–Crippen LogP) is 6.64. The third kappa shape index (κ3) is 22.1. The van der Waals surface area contributed by atoms with E-state index in [2.05, 4.69) is 43.9 Å². The van der Waals surface area contributed by atoms with E-state index < -0.39 is 169 Å². The fraction of sp³-hybridized carbons (Fsp3) is 0.667. The van der Waals surface area contributed by atoms with Crippen molar-refractivity contribution < 1.29 is 66.3 Å². The molecule has 4 heterocycles. The zero-order valence-electron chi connectivity index (χ0n) is 63.4. The first-order valence-electron chi connectivity index (χ1n) is 37.9. The molecule has 105 heavy (non-hydrogen) atoms. The van der Waals surface area contributed by atoms with Crippen LogP contribution in [0.4, 0.5) is 8.78 Å². The van der Waals surface area contributed by atoms with E-state index in [0.29, 0.717) is 62.7 Å². The molecule has 12 amide bonds. The normalized spacial score (nSPS) is 27.4. The smallest absolute Gasteiger partial charge is 0.248 e. The second-order valence-electron chi connectivity index (χ2n) is 31.3. The summed E-state index contributed by atoms with van der Waals surface area (Å²) in [6, 6.07) is 3.63. The molecule has 2 aliphatic carbocycles. The van der Waals surface area contributed by atoms with Crippen molar-refractivity contribution in [1.29, 1.82) is 0 Å². The minimum Gasteiger partial charge on any atom is -0.342 e. The predicted molar refractivity (Wildman–Crippen MR) is 401 cm³/mol. The zero-order valence-corrected chi connectivity index (χ0v) is 65.5. The molecule has 2 aromatic rings. The van der Waals surface area contributed by atoms with E-state index in [4.69, 9.17) is 0 Å². The molecule has 4 aliphatic heterocycles. The highest BCUT2D eigenvalue weighted by atomic mass is 127. The molecular formula is C78H113F2IN12O12. The zero-order chi connectivity index (χ0) is 76.7. The number of carbonyl (C=O) groups excluding carboxylic acids is 12. The summed E-state index contributed by atoms with van der Waals surface area (Å²) in [5.74, 6) is -11.8. The monoisotopic (exact) mass is 1570 g/mol. The number of nitrogens with one attached hydrogen (secondary N) is 4. The molecule has 10 atom stereocenters. The number of piperidine rings is 2. The third-order valence-electron chi connectivity index (χ3n) is 22.2. The van der Waals surface area contributed by atoms with Crippen LogP contribution in [0.2, 0.25) is 0 Å². The summed E-state index contributed by atoms with van der Waals surface area (Å²) in [5.41, 5.74) is 2.07. The molecule has 2 saturated carbocycles. The van der Waals surface area contributed by atoms with Gasteiger partial charge >= 0.3 is 0 Å². The van der Waals surface area contributed by atoms with Gasteiger partial charge in [0.1, 0.15) is 60.4 Å². The number of halogens is 3. The van der Waals surface area contributed by atoms with Gasteiger partial charge in [0.05, 0.1) is 13.0 Å². The summed E-state index contributed by atoms with van der Waals surface area (Å²) in [7, 11) is 7.10. The first-order valence-corrected chi connectivity index (χ1v) is 39.0. The van der Waals surface area contributed by atoms with E-state index in [1.165, 1.54) is 64.6 Å². The number of hydrogen-bond donors (Lipinski definition) is 4. The van der Waals surface area contributed by atoms with Crippen LogP contribution in [0.3, 0.4) is 0 Å². The minimum atomic E-state index is -2.91. The van der Waals surface area contributed by atoms with Crippen LogP contribution < -0.4 is 21.3 Å². The number of benzene rings is 2. The van der Waals surface area contributed by atoms with Crippen LogP contribution in [0.1, 0.15) is 175 Å². The number of allylic oxidation sites excluding steroid dienone is 1. The van der Waals surface area contributed by atoms with Gasteiger partial charge in [0.15, 0.2) is 0 Å². The summed E-state index contributed by atoms with van der Waals surface area (Å²) < 4.78 is 30.3. The van der Waals surface area contributed by atoms with Crippen LogP contribution in [-0.2, 0) is 70.4 Å². The summed E-state index contributed by atoms with van der Waals surface area (Å²) in [6.45, 7) is 11.5. The fourth-order valence-electron chi connectivity index (χ4n) is 15.4. The number of rotatable bonds is 14. The number of carbonyl (C=O) groups is 12. The Morgan fingerprint density at radius 2 is 1.15 bits per heavy atom. The summed E-state index contributed by atoms with van der Waals surface area (Å²) >= 11 is 2.13. The van der Waals surface area contributed by atoms with Crippen molar-refractivity contribution in [3.63, 3.8) is 0 Å². The summed E-state index contributed by atoms with van der Waals surface area (Å²) in [5, 5.41) is 11.7. The van der Waals surface area contributed by atoms with Crippen molar-refractivity contribution in [1.82, 2.24) is 60.5 Å². The van der Waals surface area contributed by atoms with Crippen molar-refractivity contribution in [2.45, 2.75) is 243 Å². The van der Waals surface area contributed by atoms with Gasteiger partial charge in [-0.3, -0.25) is 57.5 Å². The Balaban J connectivity index is 1.21. The van der Waals surface area contributed by atoms with Gasteiger partial charge < -0.3 is 60.5 Å². The van der Waals surface area contributed by atoms with Crippen molar-refractivity contribution >= 4 is 93.5 Å². The highest BCUT2D eigenvalue weighted by Gasteiger charge is 2.50.